The maximum Gasteiger partial charge on any atom is 0.435 e. The molecule has 0 saturated carbocycles. The van der Waals surface area contributed by atoms with Crippen LogP contribution >= 0.6 is 0 Å². The third kappa shape index (κ3) is 5.93. The second-order valence-corrected chi connectivity index (χ2v) is 10.8. The summed E-state index contributed by atoms with van der Waals surface area (Å²) in [5.41, 5.74) is 0.643. The Labute approximate surface area is 230 Å². The number of hydrogen-bond donors (Lipinski definition) is 1. The minimum atomic E-state index is -4.69. The molecule has 2 aromatic carbocycles. The van der Waals surface area contributed by atoms with Gasteiger partial charge in [0.1, 0.15) is 11.1 Å². The summed E-state index contributed by atoms with van der Waals surface area (Å²) in [4.78, 5) is 29.3. The Morgan fingerprint density at radius 1 is 1.12 bits per heavy atom. The number of benzene rings is 2. The zero-order valence-corrected chi connectivity index (χ0v) is 22.3. The predicted molar refractivity (Wildman–Crippen MR) is 133 cm³/mol. The van der Waals surface area contributed by atoms with Crippen LogP contribution in [-0.2, 0) is 30.5 Å². The highest BCUT2D eigenvalue weighted by Gasteiger charge is 2.42. The summed E-state index contributed by atoms with van der Waals surface area (Å²) < 4.78 is 78.9. The van der Waals surface area contributed by atoms with Crippen molar-refractivity contribution in [3.05, 3.63) is 65.9 Å². The quantitative estimate of drug-likeness (QED) is 0.227. The average Bonchev–Trinajstić information content (AvgIpc) is 3.44. The average molecular weight is 597 g/mol. The van der Waals surface area contributed by atoms with Crippen LogP contribution in [0.4, 0.5) is 13.2 Å². The standard InChI is InChI=1S/C24H23F3N6O7S/c1-15-3-5-17(6-4-15)21-13-22(24(25,26)27)28-31(21)18-7-9-19(10-8-18)41(36,37)29-23(35)20-11-12-30(20)32-33(40-32)39-14-38-16(2)34/h3-10,13,20H,11-12,14H2,1-2H3,(H,29,35). The molecule has 0 aliphatic carbocycles. The van der Waals surface area contributed by atoms with Crippen LogP contribution in [-0.4, -0.2) is 59.4 Å². The summed E-state index contributed by atoms with van der Waals surface area (Å²) in [5, 5.41) is 5.93. The van der Waals surface area contributed by atoms with Gasteiger partial charge in [-0.25, -0.2) is 22.8 Å². The number of ether oxygens (including phenoxy) is 1. The third-order valence-corrected chi connectivity index (χ3v) is 7.53. The third-order valence-electron chi connectivity index (χ3n) is 6.17. The largest absolute Gasteiger partial charge is 0.435 e. The van der Waals surface area contributed by atoms with E-state index in [-0.39, 0.29) is 16.3 Å². The molecule has 1 unspecified atom stereocenters. The summed E-state index contributed by atoms with van der Waals surface area (Å²) in [7, 11) is -4.33. The Morgan fingerprint density at radius 2 is 1.80 bits per heavy atom. The van der Waals surface area contributed by atoms with Crippen molar-refractivity contribution in [2.75, 3.05) is 18.3 Å². The van der Waals surface area contributed by atoms with Crippen LogP contribution in [0.15, 0.2) is 64.1 Å². The van der Waals surface area contributed by atoms with Crippen LogP contribution in [0.25, 0.3) is 16.9 Å². The zero-order valence-electron chi connectivity index (χ0n) is 21.5. The highest BCUT2D eigenvalue weighted by molar-refractivity contribution is 7.90. The molecule has 5 rings (SSSR count). The normalized spacial score (nSPS) is 15.4. The number of hydrogen-bond acceptors (Lipinski definition) is 9. The highest BCUT2D eigenvalue weighted by Crippen LogP contribution is 2.33. The summed E-state index contributed by atoms with van der Waals surface area (Å²) in [6.07, 6.45) is -4.37. The molecule has 0 radical (unpaired) electrons. The smallest absolute Gasteiger partial charge is 0.426 e. The number of nitrogens with zero attached hydrogens (tertiary/aromatic N) is 5. The highest BCUT2D eigenvalue weighted by atomic mass is 32.2. The summed E-state index contributed by atoms with van der Waals surface area (Å²) in [5.74, 6) is -1.40. The number of aromatic nitrogens is 4. The first kappa shape index (κ1) is 27.9. The van der Waals surface area contributed by atoms with Crippen LogP contribution in [0.2, 0.25) is 0 Å². The van der Waals surface area contributed by atoms with E-state index in [1.165, 1.54) is 24.1 Å². The number of rotatable bonds is 9. The van der Waals surface area contributed by atoms with Gasteiger partial charge in [-0.2, -0.15) is 22.9 Å². The van der Waals surface area contributed by atoms with Crippen molar-refractivity contribution < 1.29 is 45.4 Å². The Bertz CT molecular complexity index is 1670. The monoisotopic (exact) mass is 596 g/mol. The molecule has 41 heavy (non-hydrogen) atoms. The van der Waals surface area contributed by atoms with E-state index in [4.69, 9.17) is 9.47 Å². The minimum Gasteiger partial charge on any atom is -0.426 e. The second kappa shape index (κ2) is 10.4. The first-order chi connectivity index (χ1) is 19.3. The van der Waals surface area contributed by atoms with Crippen molar-refractivity contribution in [1.29, 1.82) is 0 Å². The van der Waals surface area contributed by atoms with E-state index in [9.17, 15) is 31.2 Å². The van der Waals surface area contributed by atoms with E-state index >= 15 is 0 Å². The molecule has 1 saturated heterocycles. The van der Waals surface area contributed by atoms with Crippen molar-refractivity contribution in [3.8, 4) is 16.9 Å². The maximum atomic E-state index is 13.5. The number of aryl methyl sites for hydroxylation is 1. The Morgan fingerprint density at radius 3 is 2.39 bits per heavy atom. The zero-order chi connectivity index (χ0) is 29.5. The molecule has 1 fully saturated rings. The van der Waals surface area contributed by atoms with E-state index < -0.39 is 46.6 Å². The van der Waals surface area contributed by atoms with E-state index in [1.807, 2.05) is 11.6 Å². The molecule has 17 heteroatoms. The molecule has 1 amide bonds. The molecule has 4 aromatic rings. The number of nitrogens with one attached hydrogen (secondary N) is 1. The van der Waals surface area contributed by atoms with Gasteiger partial charge in [-0.05, 0) is 43.7 Å². The van der Waals surface area contributed by atoms with Crippen molar-refractivity contribution in [2.24, 2.45) is 0 Å². The molecule has 0 bridgehead atoms. The Hall–Kier alpha value is -4.67. The number of esters is 1. The molecule has 1 aliphatic rings. The van der Waals surface area contributed by atoms with Crippen molar-refractivity contribution >= 4 is 21.9 Å². The van der Waals surface area contributed by atoms with E-state index in [0.29, 0.717) is 18.5 Å². The predicted octanol–water partition coefficient (Wildman–Crippen LogP) is 2.23. The molecule has 218 valence electrons. The van der Waals surface area contributed by atoms with E-state index in [0.717, 1.165) is 38.4 Å². The topological polar surface area (TPSA) is 143 Å². The number of sulfonamides is 1. The minimum absolute atomic E-state index is 0.162. The van der Waals surface area contributed by atoms with Gasteiger partial charge in [0.15, 0.2) is 5.69 Å². The molecular formula is C24H23F3N6O7S. The number of halogens is 3. The van der Waals surface area contributed by atoms with Gasteiger partial charge < -0.3 is 9.57 Å². The van der Waals surface area contributed by atoms with Crippen LogP contribution in [0.1, 0.15) is 24.6 Å². The van der Waals surface area contributed by atoms with Gasteiger partial charge >= 0.3 is 12.1 Å². The van der Waals surface area contributed by atoms with Gasteiger partial charge in [0.25, 0.3) is 22.7 Å². The maximum absolute atomic E-state index is 13.5. The lowest BCUT2D eigenvalue weighted by Crippen LogP contribution is -2.61. The van der Waals surface area contributed by atoms with Gasteiger partial charge in [0, 0.05) is 19.0 Å². The molecule has 1 atom stereocenters. The number of carbonyl (C=O) groups excluding carboxylic acids is 2. The van der Waals surface area contributed by atoms with Gasteiger partial charge in [-0.3, -0.25) is 9.59 Å². The molecule has 1 N–H and O–H groups in total. The molecule has 13 nitrogen and oxygen atoms in total. The Kier molecular flexibility index (Phi) is 7.06. The van der Waals surface area contributed by atoms with Crippen molar-refractivity contribution in [3.63, 3.8) is 0 Å². The second-order valence-electron chi connectivity index (χ2n) is 9.08. The lowest BCUT2D eigenvalue weighted by molar-refractivity contribution is -0.156. The molecule has 3 heterocycles. The van der Waals surface area contributed by atoms with Crippen LogP contribution in [0, 0.1) is 6.92 Å². The van der Waals surface area contributed by atoms with Crippen LogP contribution < -0.4 is 14.6 Å². The fourth-order valence-electron chi connectivity index (χ4n) is 3.93. The number of amides is 1. The number of carbonyl (C=O) groups is 2. The number of alkyl halides is 3. The summed E-state index contributed by atoms with van der Waals surface area (Å²) in [6.45, 7) is 2.96. The molecule has 0 spiro atoms. The van der Waals surface area contributed by atoms with Gasteiger partial charge in [0.05, 0.1) is 21.2 Å². The lowest BCUT2D eigenvalue weighted by Gasteiger charge is -2.35. The summed E-state index contributed by atoms with van der Waals surface area (Å²) in [6, 6.07) is 11.8. The summed E-state index contributed by atoms with van der Waals surface area (Å²) >= 11 is 0. The lowest BCUT2D eigenvalue weighted by atomic mass is 10.1. The Balaban J connectivity index is 1.30. The van der Waals surface area contributed by atoms with E-state index in [2.05, 4.69) is 9.84 Å². The van der Waals surface area contributed by atoms with Crippen molar-refractivity contribution in [2.45, 2.75) is 37.4 Å². The van der Waals surface area contributed by atoms with Crippen LogP contribution in [0.5, 0.6) is 0 Å². The van der Waals surface area contributed by atoms with E-state index in [1.54, 1.807) is 24.3 Å². The van der Waals surface area contributed by atoms with Gasteiger partial charge in [-0.15, -0.1) is 0 Å². The first-order valence-electron chi connectivity index (χ1n) is 12.1. The molecule has 1 aliphatic heterocycles. The van der Waals surface area contributed by atoms with Crippen molar-refractivity contribution in [1.82, 2.24) is 24.5 Å². The van der Waals surface area contributed by atoms with Gasteiger partial charge in [-0.1, -0.05) is 29.8 Å². The van der Waals surface area contributed by atoms with Crippen LogP contribution in [0.3, 0.4) is 0 Å². The van der Waals surface area contributed by atoms with Gasteiger partial charge in [0.2, 0.25) is 0 Å². The molecule has 2 aromatic heterocycles. The SMILES string of the molecule is CC(=O)OCOn1on1N1CCC1C(=O)NS(=O)(=O)c1ccc(-n2nc(C(F)(F)F)cc2-c2ccc(C)cc2)cc1. The fraction of sp³-hybridized carbons (Fsp3) is 0.292. The first-order valence-corrected chi connectivity index (χ1v) is 13.5. The fourth-order valence-corrected chi connectivity index (χ4v) is 4.94. The molecular weight excluding hydrogens is 573 g/mol.